The van der Waals surface area contributed by atoms with E-state index in [1.54, 1.807) is 0 Å². The first-order valence-corrected chi connectivity index (χ1v) is 15.6. The van der Waals surface area contributed by atoms with Crippen molar-refractivity contribution in [2.45, 2.75) is 0 Å². The SMILES string of the molecule is c1csc([As](O[As](c2cccs2)c2cccs2)c2cccs2)c1. The normalized spacial score (nSPS) is 11.6. The molecule has 23 heavy (non-hydrogen) atoms. The van der Waals surface area contributed by atoms with Gasteiger partial charge in [-0.05, 0) is 0 Å². The molecule has 4 aromatic rings. The summed E-state index contributed by atoms with van der Waals surface area (Å²) in [6.07, 6.45) is 0. The Labute approximate surface area is 161 Å². The summed E-state index contributed by atoms with van der Waals surface area (Å²) in [4.78, 5) is 0. The average molecular weight is 498 g/mol. The zero-order chi connectivity index (χ0) is 15.5. The number of hydrogen-bond donors (Lipinski definition) is 0. The van der Waals surface area contributed by atoms with Crippen LogP contribution in [-0.2, 0) is 2.72 Å². The van der Waals surface area contributed by atoms with Gasteiger partial charge in [0.05, 0.1) is 0 Å². The second-order valence-electron chi connectivity index (χ2n) is 4.48. The van der Waals surface area contributed by atoms with Crippen LogP contribution < -0.4 is 14.7 Å². The van der Waals surface area contributed by atoms with Crippen molar-refractivity contribution in [1.29, 1.82) is 0 Å². The van der Waals surface area contributed by atoms with Gasteiger partial charge in [0.1, 0.15) is 0 Å². The second-order valence-corrected chi connectivity index (χ2v) is 19.5. The molecule has 4 heterocycles. The molecule has 116 valence electrons. The fourth-order valence-corrected chi connectivity index (χ4v) is 23.5. The van der Waals surface area contributed by atoms with E-state index in [1.165, 1.54) is 14.7 Å². The predicted molar refractivity (Wildman–Crippen MR) is 108 cm³/mol. The summed E-state index contributed by atoms with van der Waals surface area (Å²) >= 11 is 4.04. The van der Waals surface area contributed by atoms with Crippen molar-refractivity contribution in [2.24, 2.45) is 0 Å². The number of thiophene rings is 4. The molecule has 0 unspecified atom stereocenters. The Morgan fingerprint density at radius 1 is 0.522 bits per heavy atom. The minimum absolute atomic E-state index is 1.44. The molecule has 0 fully saturated rings. The first kappa shape index (κ1) is 16.4. The Kier molecular flexibility index (Phi) is 5.57. The van der Waals surface area contributed by atoms with E-state index in [9.17, 15) is 0 Å². The monoisotopic (exact) mass is 498 g/mol. The molecule has 4 rings (SSSR count). The Bertz CT molecular complexity index is 669. The molecule has 7 heteroatoms. The van der Waals surface area contributed by atoms with E-state index < -0.39 is 30.0 Å². The van der Waals surface area contributed by atoms with Crippen LogP contribution in [0.25, 0.3) is 0 Å². The van der Waals surface area contributed by atoms with E-state index in [4.69, 9.17) is 2.72 Å². The molecule has 0 spiro atoms. The molecule has 1 nitrogen and oxygen atoms in total. The van der Waals surface area contributed by atoms with Gasteiger partial charge in [-0.25, -0.2) is 0 Å². The molecule has 0 aliphatic heterocycles. The van der Waals surface area contributed by atoms with Gasteiger partial charge in [0.25, 0.3) is 0 Å². The summed E-state index contributed by atoms with van der Waals surface area (Å²) in [6.45, 7) is 0. The first-order valence-electron chi connectivity index (χ1n) is 6.84. The van der Waals surface area contributed by atoms with Crippen molar-refractivity contribution in [3.05, 3.63) is 70.1 Å². The van der Waals surface area contributed by atoms with Gasteiger partial charge in [-0.15, -0.1) is 0 Å². The molecule has 0 N–H and O–H groups in total. The van der Waals surface area contributed by atoms with Crippen molar-refractivity contribution in [1.82, 2.24) is 0 Å². The number of rotatable bonds is 6. The summed E-state index contributed by atoms with van der Waals surface area (Å²) in [5.41, 5.74) is 0. The minimum atomic E-state index is -1.67. The van der Waals surface area contributed by atoms with Crippen molar-refractivity contribution in [3.8, 4) is 0 Å². The average Bonchev–Trinajstić information content (AvgIpc) is 3.35. The van der Waals surface area contributed by atoms with E-state index in [1.807, 2.05) is 45.3 Å². The molecule has 0 amide bonds. The maximum absolute atomic E-state index is 6.96. The van der Waals surface area contributed by atoms with Gasteiger partial charge in [-0.1, -0.05) is 0 Å². The molecule has 0 bridgehead atoms. The zero-order valence-electron chi connectivity index (χ0n) is 11.9. The molecule has 4 aromatic heterocycles. The molecule has 0 aromatic carbocycles. The van der Waals surface area contributed by atoms with E-state index in [0.29, 0.717) is 0 Å². The third kappa shape index (κ3) is 3.77. The van der Waals surface area contributed by atoms with Crippen LogP contribution >= 0.6 is 45.3 Å². The van der Waals surface area contributed by atoms with Gasteiger partial charge in [0.15, 0.2) is 0 Å². The standard InChI is InChI=1S/C16H12As2OS4/c1-5-13(20-9-1)17(14-6-2-10-21-14)19-18(15-7-3-11-22-15)16-8-4-12-23-16/h1-12H. The van der Waals surface area contributed by atoms with Gasteiger partial charge in [-0.2, -0.15) is 0 Å². The summed E-state index contributed by atoms with van der Waals surface area (Å²) in [5.74, 6) is 0. The Hall–Kier alpha value is -0.123. The van der Waals surface area contributed by atoms with Crippen molar-refractivity contribution in [3.63, 3.8) is 0 Å². The summed E-state index contributed by atoms with van der Waals surface area (Å²) in [5, 5.41) is 8.67. The molecular weight excluding hydrogens is 486 g/mol. The number of hydrogen-bond acceptors (Lipinski definition) is 5. The van der Waals surface area contributed by atoms with Gasteiger partial charge in [0.2, 0.25) is 0 Å². The van der Waals surface area contributed by atoms with Gasteiger partial charge in [0, 0.05) is 0 Å². The first-order chi connectivity index (χ1) is 11.4. The van der Waals surface area contributed by atoms with Gasteiger partial charge >= 0.3 is 163 Å². The Balaban J connectivity index is 1.71. The Morgan fingerprint density at radius 3 is 1.04 bits per heavy atom. The van der Waals surface area contributed by atoms with E-state index in [2.05, 4.69) is 70.1 Å². The second kappa shape index (κ2) is 7.84. The van der Waals surface area contributed by atoms with E-state index in [0.717, 1.165) is 0 Å². The fraction of sp³-hybridized carbons (Fsp3) is 0. The van der Waals surface area contributed by atoms with Crippen LogP contribution in [0, 0.1) is 0 Å². The van der Waals surface area contributed by atoms with E-state index >= 15 is 0 Å². The summed E-state index contributed by atoms with van der Waals surface area (Å²) < 4.78 is 12.7. The summed E-state index contributed by atoms with van der Waals surface area (Å²) in [7, 11) is 0. The molecule has 0 aliphatic carbocycles. The molecule has 0 saturated carbocycles. The Morgan fingerprint density at radius 2 is 0.826 bits per heavy atom. The van der Waals surface area contributed by atoms with Crippen molar-refractivity contribution < 1.29 is 2.72 Å². The third-order valence-corrected chi connectivity index (χ3v) is 20.6. The van der Waals surface area contributed by atoms with Crippen LogP contribution in [0.15, 0.2) is 70.1 Å². The molecule has 0 saturated heterocycles. The van der Waals surface area contributed by atoms with Crippen molar-refractivity contribution >= 4 is 90.0 Å². The van der Waals surface area contributed by atoms with Crippen LogP contribution in [0.3, 0.4) is 0 Å². The van der Waals surface area contributed by atoms with Gasteiger partial charge < -0.3 is 0 Å². The van der Waals surface area contributed by atoms with Crippen LogP contribution in [0.4, 0.5) is 0 Å². The van der Waals surface area contributed by atoms with E-state index in [-0.39, 0.29) is 0 Å². The molecule has 0 atom stereocenters. The van der Waals surface area contributed by atoms with Crippen molar-refractivity contribution in [2.75, 3.05) is 0 Å². The molecule has 0 radical (unpaired) electrons. The molecular formula is C16H12As2OS4. The van der Waals surface area contributed by atoms with Crippen LogP contribution in [0.5, 0.6) is 0 Å². The fourth-order valence-electron chi connectivity index (χ4n) is 2.00. The third-order valence-electron chi connectivity index (χ3n) is 2.99. The quantitative estimate of drug-likeness (QED) is 0.372. The predicted octanol–water partition coefficient (Wildman–Crippen LogP) is 2.86. The molecule has 0 aliphatic rings. The topological polar surface area (TPSA) is 9.23 Å². The van der Waals surface area contributed by atoms with Crippen LogP contribution in [0.2, 0.25) is 0 Å². The maximum atomic E-state index is 6.96. The zero-order valence-corrected chi connectivity index (χ0v) is 18.9. The van der Waals surface area contributed by atoms with Crippen LogP contribution in [0.1, 0.15) is 0 Å². The summed E-state index contributed by atoms with van der Waals surface area (Å²) in [6, 6.07) is 17.6. The van der Waals surface area contributed by atoms with Crippen LogP contribution in [-0.4, -0.2) is 30.0 Å². The van der Waals surface area contributed by atoms with Gasteiger partial charge in [-0.3, -0.25) is 0 Å².